The minimum absolute atomic E-state index is 0.157. The van der Waals surface area contributed by atoms with Gasteiger partial charge in [-0.15, -0.1) is 0 Å². The number of fused-ring (bicyclic) bond motifs is 5. The molecule has 0 spiro atoms. The third-order valence-corrected chi connectivity index (χ3v) is 8.78. The highest BCUT2D eigenvalue weighted by atomic mass is 16.7. The number of aliphatic hydroxyl groups is 4. The summed E-state index contributed by atoms with van der Waals surface area (Å²) in [5.41, 5.74) is 2.04. The van der Waals surface area contributed by atoms with Gasteiger partial charge < -0.3 is 40.1 Å². The SMILES string of the molecule is C[C@]12CC[C@@H]3c4ccc(O)cc4CC[C@H]3[C@@H]1C[C@@H](O[C@@H]1O[C@H](C(=O)O)[C@@H](O)[C@H](O)[C@H]1O)[C@@H]2O. The fourth-order valence-electron chi connectivity index (χ4n) is 7.00. The zero-order valence-electron chi connectivity index (χ0n) is 18.4. The maximum Gasteiger partial charge on any atom is 0.335 e. The number of benzene rings is 1. The number of hydrogen-bond acceptors (Lipinski definition) is 8. The van der Waals surface area contributed by atoms with E-state index < -0.39 is 54.3 Å². The topological polar surface area (TPSA) is 157 Å². The lowest BCUT2D eigenvalue weighted by atomic mass is 9.55. The van der Waals surface area contributed by atoms with E-state index in [0.717, 1.165) is 25.7 Å². The van der Waals surface area contributed by atoms with Crippen molar-refractivity contribution in [2.75, 3.05) is 0 Å². The Labute approximate surface area is 191 Å². The Hall–Kier alpha value is -1.75. The standard InChI is InChI=1S/C24H32O9/c1-24-7-6-13-12-5-3-11(25)8-10(12)2-4-14(13)15(24)9-16(21(24)29)32-23-19(28)17(26)18(27)20(33-23)22(30)31/h3,5,8,13-21,23,25-29H,2,4,6-7,9H2,1H3,(H,30,31)/t13-,14-,15+,16-,17+,18+,19-,20+,21+,23-,24+/m1/s1. The highest BCUT2D eigenvalue weighted by Gasteiger charge is 2.59. The number of aromatic hydroxyl groups is 1. The summed E-state index contributed by atoms with van der Waals surface area (Å²) in [6.45, 7) is 2.06. The van der Waals surface area contributed by atoms with Crippen LogP contribution in [0, 0.1) is 17.3 Å². The van der Waals surface area contributed by atoms with E-state index in [1.54, 1.807) is 6.07 Å². The molecule has 0 unspecified atom stereocenters. The first-order valence-electron chi connectivity index (χ1n) is 11.7. The summed E-state index contributed by atoms with van der Waals surface area (Å²) in [6, 6.07) is 5.58. The Morgan fingerprint density at radius 2 is 1.88 bits per heavy atom. The number of hydrogen-bond donors (Lipinski definition) is 6. The Kier molecular flexibility index (Phi) is 5.70. The van der Waals surface area contributed by atoms with Crippen LogP contribution in [0.1, 0.15) is 49.7 Å². The second-order valence-electron chi connectivity index (χ2n) is 10.4. The van der Waals surface area contributed by atoms with E-state index >= 15 is 0 Å². The number of carboxylic acid groups (broad SMARTS) is 1. The molecule has 182 valence electrons. The first-order valence-corrected chi connectivity index (χ1v) is 11.7. The molecule has 0 amide bonds. The van der Waals surface area contributed by atoms with Gasteiger partial charge in [-0.05, 0) is 78.5 Å². The third kappa shape index (κ3) is 3.57. The number of rotatable bonds is 3. The van der Waals surface area contributed by atoms with E-state index in [0.29, 0.717) is 18.3 Å². The van der Waals surface area contributed by atoms with Gasteiger partial charge in [0.25, 0.3) is 0 Å². The molecule has 0 bridgehead atoms. The van der Waals surface area contributed by atoms with Gasteiger partial charge in [0.15, 0.2) is 12.4 Å². The number of aliphatic carboxylic acids is 1. The van der Waals surface area contributed by atoms with Gasteiger partial charge in [0.1, 0.15) is 24.1 Å². The molecule has 4 aliphatic rings. The van der Waals surface area contributed by atoms with Crippen LogP contribution < -0.4 is 0 Å². The summed E-state index contributed by atoms with van der Waals surface area (Å²) in [4.78, 5) is 11.4. The first-order chi connectivity index (χ1) is 15.6. The number of carboxylic acids is 1. The maximum absolute atomic E-state index is 11.4. The van der Waals surface area contributed by atoms with E-state index in [2.05, 4.69) is 6.92 Å². The fraction of sp³-hybridized carbons (Fsp3) is 0.708. The van der Waals surface area contributed by atoms with Crippen molar-refractivity contribution >= 4 is 5.97 Å². The molecule has 2 saturated carbocycles. The second kappa shape index (κ2) is 8.18. The average molecular weight is 465 g/mol. The summed E-state index contributed by atoms with van der Waals surface area (Å²) in [5, 5.41) is 60.7. The van der Waals surface area contributed by atoms with Crippen LogP contribution in [0.15, 0.2) is 18.2 Å². The summed E-state index contributed by atoms with van der Waals surface area (Å²) in [6.07, 6.45) is -5.89. The highest BCUT2D eigenvalue weighted by Crippen LogP contribution is 2.61. The fourth-order valence-corrected chi connectivity index (χ4v) is 7.00. The minimum Gasteiger partial charge on any atom is -0.508 e. The molecule has 0 radical (unpaired) electrons. The van der Waals surface area contributed by atoms with Gasteiger partial charge in [-0.3, -0.25) is 0 Å². The summed E-state index contributed by atoms with van der Waals surface area (Å²) in [7, 11) is 0. The third-order valence-electron chi connectivity index (χ3n) is 8.78. The van der Waals surface area contributed by atoms with Gasteiger partial charge in [-0.25, -0.2) is 4.79 Å². The molecular formula is C24H32O9. The van der Waals surface area contributed by atoms with Gasteiger partial charge in [0, 0.05) is 0 Å². The van der Waals surface area contributed by atoms with Gasteiger partial charge in [-0.1, -0.05) is 13.0 Å². The van der Waals surface area contributed by atoms with E-state index in [9.17, 15) is 35.4 Å². The van der Waals surface area contributed by atoms with Gasteiger partial charge in [-0.2, -0.15) is 0 Å². The zero-order chi connectivity index (χ0) is 23.7. The zero-order valence-corrected chi connectivity index (χ0v) is 18.4. The van der Waals surface area contributed by atoms with E-state index in [1.165, 1.54) is 11.1 Å². The van der Waals surface area contributed by atoms with Crippen LogP contribution in [0.3, 0.4) is 0 Å². The number of aryl methyl sites for hydroxylation is 1. The molecule has 6 N–H and O–H groups in total. The predicted octanol–water partition coefficient (Wildman–Crippen LogP) is 0.496. The molecular weight excluding hydrogens is 432 g/mol. The van der Waals surface area contributed by atoms with Gasteiger partial charge >= 0.3 is 5.97 Å². The predicted molar refractivity (Wildman–Crippen MR) is 113 cm³/mol. The Balaban J connectivity index is 1.36. The molecule has 9 nitrogen and oxygen atoms in total. The van der Waals surface area contributed by atoms with Crippen molar-refractivity contribution in [3.05, 3.63) is 29.3 Å². The van der Waals surface area contributed by atoms with Crippen LogP contribution in [0.5, 0.6) is 5.75 Å². The summed E-state index contributed by atoms with van der Waals surface area (Å²) < 4.78 is 11.2. The molecule has 11 atom stereocenters. The molecule has 1 heterocycles. The molecule has 9 heteroatoms. The Morgan fingerprint density at radius 1 is 1.12 bits per heavy atom. The van der Waals surface area contributed by atoms with Crippen molar-refractivity contribution < 1.29 is 44.9 Å². The molecule has 3 aliphatic carbocycles. The monoisotopic (exact) mass is 464 g/mol. The van der Waals surface area contributed by atoms with Crippen LogP contribution >= 0.6 is 0 Å². The number of carbonyl (C=O) groups is 1. The van der Waals surface area contributed by atoms with Gasteiger partial charge in [0.2, 0.25) is 0 Å². The molecule has 33 heavy (non-hydrogen) atoms. The largest absolute Gasteiger partial charge is 0.508 e. The summed E-state index contributed by atoms with van der Waals surface area (Å²) >= 11 is 0. The minimum atomic E-state index is -1.78. The molecule has 1 aromatic carbocycles. The van der Waals surface area contributed by atoms with Crippen molar-refractivity contribution in [3.63, 3.8) is 0 Å². The second-order valence-corrected chi connectivity index (χ2v) is 10.4. The van der Waals surface area contributed by atoms with E-state index in [-0.39, 0.29) is 11.7 Å². The molecule has 1 aliphatic heterocycles. The number of aliphatic hydroxyl groups excluding tert-OH is 4. The smallest absolute Gasteiger partial charge is 0.335 e. The number of phenols is 1. The number of phenolic OH excluding ortho intramolecular Hbond substituents is 1. The van der Waals surface area contributed by atoms with Crippen LogP contribution in [0.25, 0.3) is 0 Å². The molecule has 1 aromatic rings. The van der Waals surface area contributed by atoms with Crippen LogP contribution in [0.2, 0.25) is 0 Å². The lowest BCUT2D eigenvalue weighted by Gasteiger charge is -2.49. The molecule has 5 rings (SSSR count). The molecule has 3 fully saturated rings. The van der Waals surface area contributed by atoms with E-state index in [1.807, 2.05) is 12.1 Å². The Morgan fingerprint density at radius 3 is 2.61 bits per heavy atom. The van der Waals surface area contributed by atoms with Gasteiger partial charge in [0.05, 0.1) is 12.2 Å². The maximum atomic E-state index is 11.4. The normalized spacial score (nSPS) is 46.8. The van der Waals surface area contributed by atoms with Crippen molar-refractivity contribution in [1.29, 1.82) is 0 Å². The van der Waals surface area contributed by atoms with Crippen molar-refractivity contribution in [2.24, 2.45) is 17.3 Å². The Bertz CT molecular complexity index is 921. The lowest BCUT2D eigenvalue weighted by molar-refractivity contribution is -0.309. The molecule has 1 saturated heterocycles. The van der Waals surface area contributed by atoms with Crippen LogP contribution in [-0.4, -0.2) is 79.5 Å². The van der Waals surface area contributed by atoms with Crippen molar-refractivity contribution in [1.82, 2.24) is 0 Å². The summed E-state index contributed by atoms with van der Waals surface area (Å²) in [5.74, 6) is -0.367. The lowest BCUT2D eigenvalue weighted by Crippen LogP contribution is -2.61. The number of ether oxygens (including phenoxy) is 2. The van der Waals surface area contributed by atoms with Crippen molar-refractivity contribution in [3.8, 4) is 5.75 Å². The van der Waals surface area contributed by atoms with Crippen LogP contribution in [0.4, 0.5) is 0 Å². The quantitative estimate of drug-likeness (QED) is 0.375. The average Bonchev–Trinajstić information content (AvgIpc) is 3.03. The van der Waals surface area contributed by atoms with E-state index in [4.69, 9.17) is 9.47 Å². The van der Waals surface area contributed by atoms with Crippen molar-refractivity contribution in [2.45, 2.75) is 87.9 Å². The first kappa shape index (κ1) is 23.0. The molecule has 0 aromatic heterocycles. The highest BCUT2D eigenvalue weighted by molar-refractivity contribution is 5.73. The van der Waals surface area contributed by atoms with Crippen LogP contribution in [-0.2, 0) is 20.7 Å².